The molecule has 0 aliphatic carbocycles. The zero-order valence-electron chi connectivity index (χ0n) is 18.4. The number of alkyl halides is 2. The molecule has 0 N–H and O–H groups in total. The van der Waals surface area contributed by atoms with E-state index in [4.69, 9.17) is 4.42 Å². The molecule has 1 aromatic heterocycles. The van der Waals surface area contributed by atoms with Gasteiger partial charge in [0.05, 0.1) is 17.9 Å². The molecule has 1 fully saturated rings. The number of nitrogens with zero attached hydrogens (tertiary/aromatic N) is 4. The van der Waals surface area contributed by atoms with Crippen LogP contribution in [0.5, 0.6) is 0 Å². The Labute approximate surface area is 197 Å². The zero-order chi connectivity index (χ0) is 24.2. The number of hydrogen-bond donors (Lipinski definition) is 0. The topological polar surface area (TPSA) is 79.5 Å². The average molecular weight is 493 g/mol. The summed E-state index contributed by atoms with van der Waals surface area (Å²) in [7, 11) is 1.16. The predicted octanol–water partition coefficient (Wildman–Crippen LogP) is 4.32. The molecule has 1 aliphatic heterocycles. The molecule has 180 valence electrons. The Morgan fingerprint density at radius 2 is 1.85 bits per heavy atom. The van der Waals surface area contributed by atoms with Gasteiger partial charge in [-0.25, -0.2) is 4.39 Å². The van der Waals surface area contributed by atoms with Crippen molar-refractivity contribution in [3.63, 3.8) is 0 Å². The Kier molecular flexibility index (Phi) is 7.30. The first-order chi connectivity index (χ1) is 16.4. The van der Waals surface area contributed by atoms with Crippen molar-refractivity contribution in [2.24, 2.45) is 0 Å². The highest BCUT2D eigenvalue weighted by molar-refractivity contribution is 7.85. The van der Waals surface area contributed by atoms with Crippen molar-refractivity contribution in [3.05, 3.63) is 59.7 Å². The number of aromatic nitrogens is 2. The van der Waals surface area contributed by atoms with Gasteiger partial charge in [0.15, 0.2) is 0 Å². The summed E-state index contributed by atoms with van der Waals surface area (Å²) >= 11 is 0. The van der Waals surface area contributed by atoms with E-state index in [1.165, 1.54) is 17.0 Å². The third-order valence-corrected chi connectivity index (χ3v) is 7.25. The Hall–Kier alpha value is -3.21. The summed E-state index contributed by atoms with van der Waals surface area (Å²) in [5, 5.41) is 6.78. The lowest BCUT2D eigenvalue weighted by Gasteiger charge is -2.35. The summed E-state index contributed by atoms with van der Waals surface area (Å²) in [5.41, 5.74) is 1.83. The molecule has 2 heterocycles. The molecule has 4 rings (SSSR count). The minimum Gasteiger partial charge on any atom is -0.415 e. The molecule has 0 radical (unpaired) electrons. The number of para-hydroxylation sites is 2. The van der Waals surface area contributed by atoms with E-state index in [1.807, 2.05) is 19.2 Å². The molecule has 7 nitrogen and oxygen atoms in total. The number of hydrogen-bond acceptors (Lipinski definition) is 6. The second-order valence-electron chi connectivity index (χ2n) is 7.96. The van der Waals surface area contributed by atoms with Crippen LogP contribution in [0.2, 0.25) is 0 Å². The Morgan fingerprint density at radius 3 is 2.47 bits per heavy atom. The second kappa shape index (κ2) is 10.4. The van der Waals surface area contributed by atoms with E-state index in [0.29, 0.717) is 23.6 Å². The van der Waals surface area contributed by atoms with Crippen molar-refractivity contribution in [1.29, 1.82) is 0 Å². The van der Waals surface area contributed by atoms with Gasteiger partial charge in [-0.3, -0.25) is 9.00 Å². The SMILES string of the molecule is CN(c1ccccc1N(C=O)Cc1ccc(-c2nnc(C(F)F)o2)cc1F)C1CCS(=O)CC1. The molecule has 2 aromatic carbocycles. The second-order valence-corrected chi connectivity index (χ2v) is 9.66. The van der Waals surface area contributed by atoms with Gasteiger partial charge in [0, 0.05) is 46.5 Å². The molecule has 0 spiro atoms. The first-order valence-corrected chi connectivity index (χ1v) is 12.1. The summed E-state index contributed by atoms with van der Waals surface area (Å²) in [6, 6.07) is 11.6. The third kappa shape index (κ3) is 5.14. The summed E-state index contributed by atoms with van der Waals surface area (Å²) in [6.07, 6.45) is -0.696. The molecule has 1 amide bonds. The van der Waals surface area contributed by atoms with Gasteiger partial charge in [-0.15, -0.1) is 10.2 Å². The van der Waals surface area contributed by atoms with Crippen LogP contribution in [0.25, 0.3) is 11.5 Å². The van der Waals surface area contributed by atoms with Gasteiger partial charge in [-0.05, 0) is 37.1 Å². The van der Waals surface area contributed by atoms with Crippen LogP contribution in [0.15, 0.2) is 46.9 Å². The standard InChI is InChI=1S/C23H23F3N4O3S/c1-29(17-8-10-34(32)11-9-17)19-4-2-3-5-20(19)30(14-31)13-16-7-6-15(12-18(16)24)22-27-28-23(33-22)21(25)26/h2-7,12,14,17,21H,8-11,13H2,1H3. The fourth-order valence-corrected chi connectivity index (χ4v) is 5.26. The molecule has 0 atom stereocenters. The van der Waals surface area contributed by atoms with E-state index in [2.05, 4.69) is 15.1 Å². The maximum Gasteiger partial charge on any atom is 0.314 e. The Morgan fingerprint density at radius 1 is 1.15 bits per heavy atom. The highest BCUT2D eigenvalue weighted by Gasteiger charge is 2.25. The number of rotatable bonds is 8. The minimum absolute atomic E-state index is 0.0404. The van der Waals surface area contributed by atoms with Gasteiger partial charge in [0.25, 0.3) is 5.89 Å². The number of amides is 1. The first kappa shape index (κ1) is 23.9. The molecular weight excluding hydrogens is 469 g/mol. The molecule has 1 aliphatic rings. The zero-order valence-corrected chi connectivity index (χ0v) is 19.2. The average Bonchev–Trinajstić information content (AvgIpc) is 3.34. The molecule has 0 unspecified atom stereocenters. The van der Waals surface area contributed by atoms with Crippen molar-refractivity contribution in [2.75, 3.05) is 28.4 Å². The molecule has 34 heavy (non-hydrogen) atoms. The molecule has 0 saturated carbocycles. The first-order valence-electron chi connectivity index (χ1n) is 10.7. The fourth-order valence-electron chi connectivity index (χ4n) is 3.98. The van der Waals surface area contributed by atoms with Crippen molar-refractivity contribution in [3.8, 4) is 11.5 Å². The van der Waals surface area contributed by atoms with E-state index in [0.717, 1.165) is 24.6 Å². The summed E-state index contributed by atoms with van der Waals surface area (Å²) in [5.74, 6) is -0.401. The van der Waals surface area contributed by atoms with E-state index < -0.39 is 28.9 Å². The molecule has 11 heteroatoms. The Bertz CT molecular complexity index is 1180. The van der Waals surface area contributed by atoms with Crippen LogP contribution in [-0.2, 0) is 22.1 Å². The van der Waals surface area contributed by atoms with E-state index >= 15 is 0 Å². The smallest absolute Gasteiger partial charge is 0.314 e. The molecule has 0 bridgehead atoms. The normalized spacial score (nSPS) is 18.1. The van der Waals surface area contributed by atoms with E-state index in [-0.39, 0.29) is 29.6 Å². The van der Waals surface area contributed by atoms with Crippen LogP contribution in [0.4, 0.5) is 24.5 Å². The number of anilines is 2. The maximum absolute atomic E-state index is 14.9. The van der Waals surface area contributed by atoms with Crippen LogP contribution in [0.1, 0.15) is 30.7 Å². The predicted molar refractivity (Wildman–Crippen MR) is 123 cm³/mol. The summed E-state index contributed by atoms with van der Waals surface area (Å²) in [6.45, 7) is -0.0404. The maximum atomic E-state index is 14.9. The lowest BCUT2D eigenvalue weighted by molar-refractivity contribution is -0.107. The van der Waals surface area contributed by atoms with Crippen LogP contribution in [0, 0.1) is 5.82 Å². The quantitative estimate of drug-likeness (QED) is 0.436. The molecule has 1 saturated heterocycles. The van der Waals surface area contributed by atoms with Gasteiger partial charge in [0.1, 0.15) is 5.82 Å². The van der Waals surface area contributed by atoms with Gasteiger partial charge in [-0.2, -0.15) is 8.78 Å². The Balaban J connectivity index is 1.56. The molecular formula is C23H23F3N4O3S. The third-order valence-electron chi connectivity index (χ3n) is 5.87. The van der Waals surface area contributed by atoms with Crippen molar-refractivity contribution in [2.45, 2.75) is 31.9 Å². The van der Waals surface area contributed by atoms with Crippen molar-refractivity contribution in [1.82, 2.24) is 10.2 Å². The lowest BCUT2D eigenvalue weighted by atomic mass is 10.1. The number of halogens is 3. The minimum atomic E-state index is -2.92. The van der Waals surface area contributed by atoms with Crippen LogP contribution in [-0.4, -0.2) is 45.4 Å². The van der Waals surface area contributed by atoms with Gasteiger partial charge < -0.3 is 14.2 Å². The summed E-state index contributed by atoms with van der Waals surface area (Å²) < 4.78 is 56.8. The van der Waals surface area contributed by atoms with Crippen molar-refractivity contribution >= 4 is 28.6 Å². The van der Waals surface area contributed by atoms with E-state index in [1.54, 1.807) is 12.1 Å². The van der Waals surface area contributed by atoms with Crippen LogP contribution >= 0.6 is 0 Å². The number of carbonyl (C=O) groups is 1. The number of carbonyl (C=O) groups excluding carboxylic acids is 1. The van der Waals surface area contributed by atoms with Crippen LogP contribution < -0.4 is 9.80 Å². The fraction of sp³-hybridized carbons (Fsp3) is 0.348. The van der Waals surface area contributed by atoms with Crippen LogP contribution in [0.3, 0.4) is 0 Å². The lowest BCUT2D eigenvalue weighted by Crippen LogP contribution is -2.38. The highest BCUT2D eigenvalue weighted by Crippen LogP contribution is 2.33. The van der Waals surface area contributed by atoms with Crippen molar-refractivity contribution < 1.29 is 26.6 Å². The highest BCUT2D eigenvalue weighted by atomic mass is 32.2. The van der Waals surface area contributed by atoms with E-state index in [9.17, 15) is 22.2 Å². The van der Waals surface area contributed by atoms with Gasteiger partial charge in [-0.1, -0.05) is 18.2 Å². The molecule has 3 aromatic rings. The largest absolute Gasteiger partial charge is 0.415 e. The van der Waals surface area contributed by atoms with Gasteiger partial charge in [0.2, 0.25) is 12.3 Å². The monoisotopic (exact) mass is 492 g/mol. The number of benzene rings is 2. The van der Waals surface area contributed by atoms with Gasteiger partial charge >= 0.3 is 6.43 Å². The summed E-state index contributed by atoms with van der Waals surface area (Å²) in [4.78, 5) is 15.5.